The lowest BCUT2D eigenvalue weighted by atomic mass is 10.2. The van der Waals surface area contributed by atoms with Crippen LogP contribution in [-0.4, -0.2) is 38.8 Å². The van der Waals surface area contributed by atoms with E-state index < -0.39 is 20.1 Å². The molecule has 0 aromatic heterocycles. The molecule has 8 nitrogen and oxygen atoms in total. The van der Waals surface area contributed by atoms with Crippen LogP contribution in [0.5, 0.6) is 0 Å². The molecular weight excluding hydrogens is 402 g/mol. The minimum Gasteiger partial charge on any atom is -0.324 e. The molecule has 0 saturated carbocycles. The molecule has 3 rings (SSSR count). The first-order valence-corrected chi connectivity index (χ1v) is 11.7. The van der Waals surface area contributed by atoms with Crippen molar-refractivity contribution in [2.24, 2.45) is 5.84 Å². The van der Waals surface area contributed by atoms with E-state index in [9.17, 15) is 16.8 Å². The van der Waals surface area contributed by atoms with E-state index >= 15 is 0 Å². The molecule has 2 aromatic carbocycles. The molecule has 10 heteroatoms. The smallest absolute Gasteiger partial charge is 0.294 e. The second-order valence-electron chi connectivity index (χ2n) is 6.49. The monoisotopic (exact) mass is 427 g/mol. The summed E-state index contributed by atoms with van der Waals surface area (Å²) in [5.41, 5.74) is 5.03. The van der Waals surface area contributed by atoms with Crippen molar-refractivity contribution in [3.8, 4) is 0 Å². The Balaban J connectivity index is 0.000000221. The van der Waals surface area contributed by atoms with Gasteiger partial charge in [-0.1, -0.05) is 29.8 Å². The normalized spacial score (nSPS) is 15.0. The SMILES string of the molecule is Cc1ccc(S(=O)(=O)O)cc1.NNc1ccc(CS(=O)(=O)N2CCCC2)cc1. The van der Waals surface area contributed by atoms with Crippen molar-refractivity contribution < 1.29 is 21.4 Å². The van der Waals surface area contributed by atoms with Crippen molar-refractivity contribution >= 4 is 25.8 Å². The number of rotatable bonds is 5. The van der Waals surface area contributed by atoms with Gasteiger partial charge in [0.25, 0.3) is 10.1 Å². The fraction of sp³-hybridized carbons (Fsp3) is 0.333. The molecule has 0 unspecified atom stereocenters. The summed E-state index contributed by atoms with van der Waals surface area (Å²) in [6.45, 7) is 3.16. The summed E-state index contributed by atoms with van der Waals surface area (Å²) in [5, 5.41) is 0. The van der Waals surface area contributed by atoms with Crippen LogP contribution in [0.2, 0.25) is 0 Å². The highest BCUT2D eigenvalue weighted by Crippen LogP contribution is 2.18. The largest absolute Gasteiger partial charge is 0.324 e. The predicted octanol–water partition coefficient (Wildman–Crippen LogP) is 2.14. The number of benzene rings is 2. The molecule has 1 aliphatic heterocycles. The van der Waals surface area contributed by atoms with Gasteiger partial charge >= 0.3 is 0 Å². The highest BCUT2D eigenvalue weighted by molar-refractivity contribution is 7.88. The maximum absolute atomic E-state index is 12.0. The average Bonchev–Trinajstić information content (AvgIpc) is 3.18. The van der Waals surface area contributed by atoms with Gasteiger partial charge in [-0.2, -0.15) is 8.42 Å². The lowest BCUT2D eigenvalue weighted by Gasteiger charge is -2.15. The van der Waals surface area contributed by atoms with Gasteiger partial charge < -0.3 is 5.43 Å². The fourth-order valence-corrected chi connectivity index (χ4v) is 4.77. The van der Waals surface area contributed by atoms with E-state index in [1.54, 1.807) is 40.7 Å². The molecule has 0 radical (unpaired) electrons. The van der Waals surface area contributed by atoms with E-state index in [0.717, 1.165) is 29.7 Å². The van der Waals surface area contributed by atoms with Crippen LogP contribution < -0.4 is 11.3 Å². The van der Waals surface area contributed by atoms with Crippen LogP contribution in [0.3, 0.4) is 0 Å². The van der Waals surface area contributed by atoms with E-state index in [1.807, 2.05) is 6.92 Å². The summed E-state index contributed by atoms with van der Waals surface area (Å²) < 4.78 is 55.2. The van der Waals surface area contributed by atoms with Crippen molar-refractivity contribution in [1.82, 2.24) is 4.31 Å². The minimum absolute atomic E-state index is 0.0666. The van der Waals surface area contributed by atoms with E-state index in [1.165, 1.54) is 12.1 Å². The Hall–Kier alpha value is -1.98. The first-order chi connectivity index (χ1) is 13.1. The Labute approximate surface area is 166 Å². The molecule has 0 amide bonds. The minimum atomic E-state index is -4.02. The maximum atomic E-state index is 12.0. The Kier molecular flexibility index (Phi) is 7.55. The summed E-state index contributed by atoms with van der Waals surface area (Å²) in [4.78, 5) is -0.0666. The molecule has 1 saturated heterocycles. The lowest BCUT2D eigenvalue weighted by molar-refractivity contribution is 0.476. The van der Waals surface area contributed by atoms with Crippen LogP contribution in [-0.2, 0) is 25.9 Å². The molecule has 0 spiro atoms. The Morgan fingerprint density at radius 1 is 0.964 bits per heavy atom. The number of sulfonamides is 1. The van der Waals surface area contributed by atoms with Crippen molar-refractivity contribution in [2.75, 3.05) is 18.5 Å². The fourth-order valence-electron chi connectivity index (χ4n) is 2.68. The number of aryl methyl sites for hydroxylation is 1. The standard InChI is InChI=1S/C11H17N3O2S.C7H8O3S/c12-13-11-5-3-10(4-6-11)9-17(15,16)14-7-1-2-8-14;1-6-2-4-7(5-3-6)11(8,9)10/h3-6,13H,1-2,7-9,12H2;2-5H,1H3,(H,8,9,10). The third-order valence-electron chi connectivity index (χ3n) is 4.25. The zero-order valence-electron chi connectivity index (χ0n) is 15.6. The number of hydrazine groups is 1. The first-order valence-electron chi connectivity index (χ1n) is 8.69. The molecule has 4 N–H and O–H groups in total. The second-order valence-corrected chi connectivity index (χ2v) is 9.88. The highest BCUT2D eigenvalue weighted by atomic mass is 32.2. The number of nitrogens with zero attached hydrogens (tertiary/aromatic N) is 1. The molecule has 154 valence electrons. The van der Waals surface area contributed by atoms with Crippen molar-refractivity contribution in [3.05, 3.63) is 59.7 Å². The van der Waals surface area contributed by atoms with Crippen LogP contribution in [0.25, 0.3) is 0 Å². The summed E-state index contributed by atoms with van der Waals surface area (Å²) in [6.07, 6.45) is 1.94. The topological polar surface area (TPSA) is 130 Å². The summed E-state index contributed by atoms with van der Waals surface area (Å²) in [5.74, 6) is 5.32. The molecule has 28 heavy (non-hydrogen) atoms. The van der Waals surface area contributed by atoms with Gasteiger partial charge in [0.05, 0.1) is 10.6 Å². The van der Waals surface area contributed by atoms with Gasteiger partial charge in [-0.05, 0) is 49.6 Å². The number of anilines is 1. The summed E-state index contributed by atoms with van der Waals surface area (Å²) in [7, 11) is -7.17. The van der Waals surface area contributed by atoms with Crippen LogP contribution >= 0.6 is 0 Å². The van der Waals surface area contributed by atoms with Gasteiger partial charge in [0.2, 0.25) is 10.0 Å². The lowest BCUT2D eigenvalue weighted by Crippen LogP contribution is -2.29. The first kappa shape index (κ1) is 22.3. The molecular formula is C18H25N3O5S2. The second kappa shape index (κ2) is 9.48. The number of nitrogen functional groups attached to an aromatic ring is 1. The van der Waals surface area contributed by atoms with Gasteiger partial charge in [0, 0.05) is 18.8 Å². The number of nitrogens with two attached hydrogens (primary N) is 1. The van der Waals surface area contributed by atoms with Gasteiger partial charge in [-0.15, -0.1) is 0 Å². The van der Waals surface area contributed by atoms with Crippen molar-refractivity contribution in [1.29, 1.82) is 0 Å². The van der Waals surface area contributed by atoms with Gasteiger partial charge in [-0.3, -0.25) is 10.4 Å². The number of hydrogen-bond acceptors (Lipinski definition) is 6. The number of hydrogen-bond donors (Lipinski definition) is 3. The quantitative estimate of drug-likeness (QED) is 0.379. The molecule has 2 aromatic rings. The highest BCUT2D eigenvalue weighted by Gasteiger charge is 2.25. The van der Waals surface area contributed by atoms with Gasteiger partial charge in [-0.25, -0.2) is 12.7 Å². The zero-order valence-corrected chi connectivity index (χ0v) is 17.2. The van der Waals surface area contributed by atoms with E-state index in [0.29, 0.717) is 13.1 Å². The van der Waals surface area contributed by atoms with E-state index in [2.05, 4.69) is 5.43 Å². The Morgan fingerprint density at radius 3 is 1.96 bits per heavy atom. The van der Waals surface area contributed by atoms with E-state index in [4.69, 9.17) is 10.4 Å². The average molecular weight is 428 g/mol. The molecule has 1 fully saturated rings. The molecule has 1 heterocycles. The molecule has 0 aliphatic carbocycles. The van der Waals surface area contributed by atoms with Crippen molar-refractivity contribution in [2.45, 2.75) is 30.4 Å². The van der Waals surface area contributed by atoms with E-state index in [-0.39, 0.29) is 10.6 Å². The van der Waals surface area contributed by atoms with Gasteiger partial charge in [0.1, 0.15) is 0 Å². The summed E-state index contributed by atoms with van der Waals surface area (Å²) >= 11 is 0. The third kappa shape index (κ3) is 6.57. The van der Waals surface area contributed by atoms with Crippen molar-refractivity contribution in [3.63, 3.8) is 0 Å². The Morgan fingerprint density at radius 2 is 1.50 bits per heavy atom. The van der Waals surface area contributed by atoms with Crippen LogP contribution in [0.1, 0.15) is 24.0 Å². The maximum Gasteiger partial charge on any atom is 0.294 e. The molecule has 1 aliphatic rings. The predicted molar refractivity (Wildman–Crippen MR) is 109 cm³/mol. The van der Waals surface area contributed by atoms with Crippen LogP contribution in [0.15, 0.2) is 53.4 Å². The molecule has 0 atom stereocenters. The third-order valence-corrected chi connectivity index (χ3v) is 6.96. The zero-order chi connectivity index (χ0) is 20.8. The van der Waals surface area contributed by atoms with Crippen LogP contribution in [0.4, 0.5) is 5.69 Å². The molecule has 0 bridgehead atoms. The van der Waals surface area contributed by atoms with Crippen LogP contribution in [0, 0.1) is 6.92 Å². The number of nitrogens with one attached hydrogen (secondary N) is 1. The Bertz CT molecular complexity index is 967. The summed E-state index contributed by atoms with van der Waals surface area (Å²) in [6, 6.07) is 13.1. The van der Waals surface area contributed by atoms with Gasteiger partial charge in [0.15, 0.2) is 0 Å².